The predicted octanol–water partition coefficient (Wildman–Crippen LogP) is -0.269. The van der Waals surface area contributed by atoms with Crippen molar-refractivity contribution in [2.75, 3.05) is 14.2 Å². The molecule has 10 nitrogen and oxygen atoms in total. The average molecular weight is 416 g/mol. The second-order valence-electron chi connectivity index (χ2n) is 6.01. The first-order valence-corrected chi connectivity index (χ1v) is 9.34. The first-order chi connectivity index (χ1) is 12.8. The molecular formula is C17H24N2O8S. The van der Waals surface area contributed by atoms with E-state index in [0.29, 0.717) is 5.76 Å². The van der Waals surface area contributed by atoms with Gasteiger partial charge in [0.25, 0.3) is 0 Å². The van der Waals surface area contributed by atoms with Gasteiger partial charge in [0.05, 0.1) is 21.2 Å². The molecule has 11 heteroatoms. The van der Waals surface area contributed by atoms with Crippen LogP contribution >= 0.6 is 0 Å². The minimum atomic E-state index is -4.92. The maximum Gasteiger partial charge on any atom is 0.498 e. The monoisotopic (exact) mass is 416 g/mol. The van der Waals surface area contributed by atoms with Crippen LogP contribution in [0.25, 0.3) is 6.08 Å². The SMILES string of the molecule is COC1=CC=C(C=Cc2cc(C)n(C)c(=O)[n+]2C)CC1(O)OC.O=S(=O)([O-])O. The minimum Gasteiger partial charge on any atom is -0.726 e. The fourth-order valence-corrected chi connectivity index (χ4v) is 2.50. The highest BCUT2D eigenvalue weighted by Gasteiger charge is 2.35. The Morgan fingerprint density at radius 1 is 1.32 bits per heavy atom. The smallest absolute Gasteiger partial charge is 0.498 e. The number of hydrogen-bond acceptors (Lipinski definition) is 7. The molecule has 1 aliphatic rings. The van der Waals surface area contributed by atoms with Crippen LogP contribution in [0.4, 0.5) is 0 Å². The van der Waals surface area contributed by atoms with E-state index in [1.807, 2.05) is 31.2 Å². The summed E-state index contributed by atoms with van der Waals surface area (Å²) in [4.78, 5) is 12.1. The van der Waals surface area contributed by atoms with E-state index in [1.54, 1.807) is 29.3 Å². The van der Waals surface area contributed by atoms with Crippen LogP contribution in [0.1, 0.15) is 17.8 Å². The molecule has 0 radical (unpaired) electrons. The lowest BCUT2D eigenvalue weighted by atomic mass is 9.97. The van der Waals surface area contributed by atoms with Gasteiger partial charge in [0.1, 0.15) is 11.4 Å². The largest absolute Gasteiger partial charge is 0.726 e. The van der Waals surface area contributed by atoms with Crippen LogP contribution < -0.4 is 10.3 Å². The molecule has 1 heterocycles. The molecule has 1 unspecified atom stereocenters. The zero-order valence-corrected chi connectivity index (χ0v) is 17.1. The van der Waals surface area contributed by atoms with Crippen molar-refractivity contribution in [3.8, 4) is 0 Å². The van der Waals surface area contributed by atoms with Gasteiger partial charge in [-0.1, -0.05) is 12.2 Å². The van der Waals surface area contributed by atoms with Gasteiger partial charge in [-0.15, -0.1) is 0 Å². The molecule has 0 spiro atoms. The Hall–Kier alpha value is -2.31. The molecule has 28 heavy (non-hydrogen) atoms. The molecule has 1 aliphatic carbocycles. The lowest BCUT2D eigenvalue weighted by Gasteiger charge is -2.30. The average Bonchev–Trinajstić information content (AvgIpc) is 2.60. The molecule has 2 rings (SSSR count). The van der Waals surface area contributed by atoms with Crippen molar-refractivity contribution in [1.82, 2.24) is 4.57 Å². The number of aryl methyl sites for hydroxylation is 1. The second-order valence-corrected chi connectivity index (χ2v) is 6.87. The Kier molecular flexibility index (Phi) is 7.84. The highest BCUT2D eigenvalue weighted by Crippen LogP contribution is 2.31. The quantitative estimate of drug-likeness (QED) is 0.296. The molecule has 0 saturated heterocycles. The first kappa shape index (κ1) is 23.7. The highest BCUT2D eigenvalue weighted by atomic mass is 32.3. The van der Waals surface area contributed by atoms with E-state index in [1.165, 1.54) is 14.2 Å². The number of aliphatic hydroxyl groups is 1. The molecule has 0 amide bonds. The molecule has 0 aromatic carbocycles. The summed E-state index contributed by atoms with van der Waals surface area (Å²) in [5.74, 6) is -1.10. The van der Waals surface area contributed by atoms with E-state index in [2.05, 4.69) is 0 Å². The van der Waals surface area contributed by atoms with Crippen LogP contribution in [0.3, 0.4) is 0 Å². The van der Waals surface area contributed by atoms with E-state index in [4.69, 9.17) is 27.0 Å². The van der Waals surface area contributed by atoms with E-state index in [0.717, 1.165) is 17.0 Å². The standard InChI is InChI=1S/C17H23N2O4.H2O4S/c1-12-10-14(19(3)16(20)18(12)2)8-6-13-7-9-15(22-4)17(21,11-13)23-5;1-5(2,3)4/h6-10,21H,11H2,1-5H3;(H2,1,2,3,4)/q+1;/p-1. The predicted molar refractivity (Wildman–Crippen MR) is 98.7 cm³/mol. The molecule has 1 aromatic heterocycles. The molecule has 1 atom stereocenters. The minimum absolute atomic E-state index is 0.0859. The third-order valence-corrected chi connectivity index (χ3v) is 4.15. The maximum atomic E-state index is 12.1. The Morgan fingerprint density at radius 2 is 1.89 bits per heavy atom. The molecule has 2 N–H and O–H groups in total. The first-order valence-electron chi connectivity index (χ1n) is 7.98. The van der Waals surface area contributed by atoms with Crippen molar-refractivity contribution in [1.29, 1.82) is 0 Å². The molecular weight excluding hydrogens is 392 g/mol. The normalized spacial score (nSPS) is 19.6. The Labute approximate surface area is 163 Å². The summed E-state index contributed by atoms with van der Waals surface area (Å²) >= 11 is 0. The van der Waals surface area contributed by atoms with E-state index in [-0.39, 0.29) is 12.1 Å². The van der Waals surface area contributed by atoms with Crippen molar-refractivity contribution in [2.24, 2.45) is 14.1 Å². The van der Waals surface area contributed by atoms with Gasteiger partial charge in [-0.3, -0.25) is 4.55 Å². The maximum absolute atomic E-state index is 12.1. The zero-order chi connectivity index (χ0) is 21.7. The lowest BCUT2D eigenvalue weighted by molar-refractivity contribution is -0.692. The van der Waals surface area contributed by atoms with Gasteiger partial charge in [0.15, 0.2) is 5.76 Å². The third kappa shape index (κ3) is 6.39. The van der Waals surface area contributed by atoms with Gasteiger partial charge in [0.2, 0.25) is 16.2 Å². The van der Waals surface area contributed by atoms with Crippen LogP contribution in [-0.2, 0) is 34.0 Å². The summed E-state index contributed by atoms with van der Waals surface area (Å²) in [5.41, 5.74) is 2.44. The highest BCUT2D eigenvalue weighted by molar-refractivity contribution is 7.79. The molecule has 156 valence electrons. The Bertz CT molecular complexity index is 968. The van der Waals surface area contributed by atoms with Crippen molar-refractivity contribution in [3.05, 3.63) is 57.5 Å². The molecule has 0 aliphatic heterocycles. The molecule has 0 fully saturated rings. The summed E-state index contributed by atoms with van der Waals surface area (Å²) in [6, 6.07) is 1.93. The van der Waals surface area contributed by atoms with Crippen molar-refractivity contribution in [3.63, 3.8) is 0 Å². The number of allylic oxidation sites excluding steroid dienone is 3. The molecule has 1 aromatic rings. The fraction of sp³-hybridized carbons (Fsp3) is 0.412. The van der Waals surface area contributed by atoms with Gasteiger partial charge in [-0.25, -0.2) is 8.42 Å². The Morgan fingerprint density at radius 3 is 2.39 bits per heavy atom. The van der Waals surface area contributed by atoms with Crippen LogP contribution in [0.15, 0.2) is 40.4 Å². The van der Waals surface area contributed by atoms with Gasteiger partial charge in [-0.2, -0.15) is 13.9 Å². The number of nitrogens with zero attached hydrogens (tertiary/aromatic N) is 2. The summed E-state index contributed by atoms with van der Waals surface area (Å²) in [7, 11) is 1.48. The van der Waals surface area contributed by atoms with Crippen LogP contribution in [0, 0.1) is 6.92 Å². The number of hydrogen-bond donors (Lipinski definition) is 2. The van der Waals surface area contributed by atoms with Gasteiger partial charge in [0, 0.05) is 19.6 Å². The van der Waals surface area contributed by atoms with E-state index >= 15 is 0 Å². The molecule has 0 saturated carbocycles. The van der Waals surface area contributed by atoms with Gasteiger partial charge >= 0.3 is 5.69 Å². The van der Waals surface area contributed by atoms with Gasteiger partial charge in [-0.05, 0) is 24.6 Å². The van der Waals surface area contributed by atoms with Crippen LogP contribution in [0.2, 0.25) is 0 Å². The summed E-state index contributed by atoms with van der Waals surface area (Å²) < 4.78 is 46.3. The van der Waals surface area contributed by atoms with Crippen molar-refractivity contribution < 1.29 is 36.7 Å². The zero-order valence-electron chi connectivity index (χ0n) is 16.2. The molecule has 0 bridgehead atoms. The summed E-state index contributed by atoms with van der Waals surface area (Å²) in [6.45, 7) is 1.88. The summed E-state index contributed by atoms with van der Waals surface area (Å²) in [5, 5.41) is 10.4. The number of rotatable bonds is 4. The number of methoxy groups -OCH3 is 2. The second kappa shape index (κ2) is 9.26. The van der Waals surface area contributed by atoms with Crippen molar-refractivity contribution >= 4 is 16.5 Å². The number of ether oxygens (including phenoxy) is 2. The Balaban J connectivity index is 0.000000696. The lowest BCUT2D eigenvalue weighted by Crippen LogP contribution is -2.53. The van der Waals surface area contributed by atoms with E-state index in [9.17, 15) is 9.90 Å². The van der Waals surface area contributed by atoms with Crippen LogP contribution in [-0.4, -0.2) is 47.2 Å². The van der Waals surface area contributed by atoms with Crippen molar-refractivity contribution in [2.45, 2.75) is 19.1 Å². The van der Waals surface area contributed by atoms with Crippen LogP contribution in [0.5, 0.6) is 0 Å². The topological polar surface area (TPSA) is 142 Å². The van der Waals surface area contributed by atoms with E-state index < -0.39 is 16.2 Å². The third-order valence-electron chi connectivity index (χ3n) is 4.15. The summed E-state index contributed by atoms with van der Waals surface area (Å²) in [6.07, 6.45) is 7.52. The fourth-order valence-electron chi connectivity index (χ4n) is 2.50. The van der Waals surface area contributed by atoms with Gasteiger partial charge < -0.3 is 19.1 Å². The number of aromatic nitrogens is 2.